The van der Waals surface area contributed by atoms with E-state index in [0.29, 0.717) is 30.4 Å². The summed E-state index contributed by atoms with van der Waals surface area (Å²) < 4.78 is 25.8. The van der Waals surface area contributed by atoms with E-state index in [1.807, 2.05) is 43.3 Å². The smallest absolute Gasteiger partial charge is 0.191 e. The molecule has 0 spiro atoms. The van der Waals surface area contributed by atoms with Crippen molar-refractivity contribution in [3.05, 3.63) is 65.5 Å². The van der Waals surface area contributed by atoms with Crippen molar-refractivity contribution in [3.63, 3.8) is 0 Å². The molecule has 4 nitrogen and oxygen atoms in total. The van der Waals surface area contributed by atoms with E-state index in [0.717, 1.165) is 17.0 Å². The number of benzene rings is 2. The quantitative estimate of drug-likeness (QED) is 0.589. The molecule has 0 aromatic heterocycles. The van der Waals surface area contributed by atoms with Crippen molar-refractivity contribution in [2.45, 2.75) is 25.3 Å². The number of halogens is 1. The van der Waals surface area contributed by atoms with E-state index in [-0.39, 0.29) is 5.82 Å². The van der Waals surface area contributed by atoms with Crippen molar-refractivity contribution in [2.75, 3.05) is 18.8 Å². The van der Waals surface area contributed by atoms with Gasteiger partial charge in [0.25, 0.3) is 0 Å². The highest BCUT2D eigenvalue weighted by atomic mass is 32.2. The first-order valence-corrected chi connectivity index (χ1v) is 9.62. The summed E-state index contributed by atoms with van der Waals surface area (Å²) in [4.78, 5) is 5.27. The van der Waals surface area contributed by atoms with Gasteiger partial charge in [0.2, 0.25) is 0 Å². The first kappa shape index (κ1) is 19.1. The van der Waals surface area contributed by atoms with Gasteiger partial charge in [0.05, 0.1) is 17.3 Å². The Morgan fingerprint density at radius 1 is 1.16 bits per heavy atom. The van der Waals surface area contributed by atoms with Crippen LogP contribution < -0.4 is 10.6 Å². The molecule has 0 amide bonds. The molecular weight excluding hydrogens is 337 g/mol. The van der Waals surface area contributed by atoms with Crippen LogP contribution in [0.3, 0.4) is 0 Å². The summed E-state index contributed by atoms with van der Waals surface area (Å²) in [5, 5.41) is 6.31. The Hall–Kier alpha value is -2.21. The van der Waals surface area contributed by atoms with E-state index in [9.17, 15) is 8.60 Å². The largest absolute Gasteiger partial charge is 0.357 e. The molecule has 25 heavy (non-hydrogen) atoms. The minimum atomic E-state index is -1.04. The Kier molecular flexibility index (Phi) is 7.60. The molecule has 2 aromatic rings. The first-order valence-electron chi connectivity index (χ1n) is 8.30. The fourth-order valence-corrected chi connectivity index (χ4v) is 3.18. The summed E-state index contributed by atoms with van der Waals surface area (Å²) in [7, 11) is -1.04. The Morgan fingerprint density at radius 2 is 1.92 bits per heavy atom. The van der Waals surface area contributed by atoms with Crippen LogP contribution in [0.1, 0.15) is 18.1 Å². The zero-order valence-corrected chi connectivity index (χ0v) is 15.4. The number of aliphatic imine (C=N–C) groups is 1. The van der Waals surface area contributed by atoms with E-state index in [1.54, 1.807) is 13.0 Å². The fraction of sp³-hybridized carbons (Fsp3) is 0.316. The number of guanidine groups is 1. The monoisotopic (exact) mass is 361 g/mol. The minimum Gasteiger partial charge on any atom is -0.357 e. The lowest BCUT2D eigenvalue weighted by Crippen LogP contribution is -2.39. The molecule has 0 fully saturated rings. The number of hydrogen-bond donors (Lipinski definition) is 2. The molecule has 0 radical (unpaired) electrons. The van der Waals surface area contributed by atoms with Crippen molar-refractivity contribution in [2.24, 2.45) is 4.99 Å². The molecule has 0 aliphatic heterocycles. The van der Waals surface area contributed by atoms with Crippen molar-refractivity contribution in [1.29, 1.82) is 0 Å². The summed E-state index contributed by atoms with van der Waals surface area (Å²) >= 11 is 0. The number of rotatable bonds is 7. The summed E-state index contributed by atoms with van der Waals surface area (Å²) in [5.74, 6) is 0.908. The normalized spacial score (nSPS) is 12.7. The molecule has 0 saturated heterocycles. The maximum absolute atomic E-state index is 13.6. The van der Waals surface area contributed by atoms with Gasteiger partial charge < -0.3 is 10.6 Å². The van der Waals surface area contributed by atoms with Gasteiger partial charge in [0.15, 0.2) is 5.96 Å². The van der Waals surface area contributed by atoms with Gasteiger partial charge in [-0.05, 0) is 43.2 Å². The summed E-state index contributed by atoms with van der Waals surface area (Å²) in [6.07, 6.45) is 0. The third-order valence-electron chi connectivity index (χ3n) is 3.59. The van der Waals surface area contributed by atoms with Crippen LogP contribution in [0.4, 0.5) is 4.39 Å². The van der Waals surface area contributed by atoms with Gasteiger partial charge in [-0.15, -0.1) is 0 Å². The highest BCUT2D eigenvalue weighted by Gasteiger charge is 2.04. The van der Waals surface area contributed by atoms with Crippen molar-refractivity contribution in [3.8, 4) is 0 Å². The molecular formula is C19H24FN3OS. The molecule has 134 valence electrons. The first-order chi connectivity index (χ1) is 12.1. The Bertz CT molecular complexity index is 735. The highest BCUT2D eigenvalue weighted by molar-refractivity contribution is 7.85. The van der Waals surface area contributed by atoms with Gasteiger partial charge in [0.1, 0.15) is 5.82 Å². The van der Waals surface area contributed by atoms with Crippen LogP contribution in [0.15, 0.2) is 58.4 Å². The van der Waals surface area contributed by atoms with E-state index >= 15 is 0 Å². The summed E-state index contributed by atoms with van der Waals surface area (Å²) in [6, 6.07) is 14.5. The van der Waals surface area contributed by atoms with Crippen LogP contribution in [-0.4, -0.2) is 29.0 Å². The lowest BCUT2D eigenvalue weighted by atomic mass is 10.1. The third kappa shape index (κ3) is 6.31. The Morgan fingerprint density at radius 3 is 2.60 bits per heavy atom. The topological polar surface area (TPSA) is 53.5 Å². The van der Waals surface area contributed by atoms with E-state index in [4.69, 9.17) is 0 Å². The van der Waals surface area contributed by atoms with E-state index in [1.165, 1.54) is 6.07 Å². The molecule has 0 heterocycles. The van der Waals surface area contributed by atoms with Crippen LogP contribution in [0, 0.1) is 12.7 Å². The second-order valence-corrected chi connectivity index (χ2v) is 7.14. The number of hydrogen-bond acceptors (Lipinski definition) is 2. The highest BCUT2D eigenvalue weighted by Crippen LogP contribution is 2.10. The zero-order valence-electron chi connectivity index (χ0n) is 14.6. The lowest BCUT2D eigenvalue weighted by Gasteiger charge is -2.11. The molecule has 0 saturated carbocycles. The molecule has 0 aliphatic carbocycles. The number of nitrogens with zero attached hydrogens (tertiary/aromatic N) is 1. The fourth-order valence-electron chi connectivity index (χ4n) is 2.20. The maximum atomic E-state index is 13.6. The third-order valence-corrected chi connectivity index (χ3v) is 4.96. The van der Waals surface area contributed by atoms with Crippen LogP contribution in [0.5, 0.6) is 0 Å². The molecule has 0 bridgehead atoms. The Labute approximate surface area is 151 Å². The van der Waals surface area contributed by atoms with Crippen molar-refractivity contribution >= 4 is 16.8 Å². The van der Waals surface area contributed by atoms with Gasteiger partial charge in [-0.25, -0.2) is 9.38 Å². The van der Waals surface area contributed by atoms with Crippen LogP contribution in [-0.2, 0) is 17.3 Å². The van der Waals surface area contributed by atoms with E-state index in [2.05, 4.69) is 15.6 Å². The van der Waals surface area contributed by atoms with Crippen LogP contribution >= 0.6 is 0 Å². The predicted molar refractivity (Wildman–Crippen MR) is 102 cm³/mol. The predicted octanol–water partition coefficient (Wildman–Crippen LogP) is 3.00. The average molecular weight is 361 g/mol. The van der Waals surface area contributed by atoms with Gasteiger partial charge in [-0.3, -0.25) is 4.21 Å². The molecule has 6 heteroatoms. The van der Waals surface area contributed by atoms with E-state index < -0.39 is 10.8 Å². The summed E-state index contributed by atoms with van der Waals surface area (Å²) in [5.41, 5.74) is 1.44. The van der Waals surface area contributed by atoms with Crippen LogP contribution in [0.25, 0.3) is 0 Å². The second-order valence-electron chi connectivity index (χ2n) is 5.57. The van der Waals surface area contributed by atoms with Gasteiger partial charge in [-0.2, -0.15) is 0 Å². The van der Waals surface area contributed by atoms with Crippen LogP contribution in [0.2, 0.25) is 0 Å². The standard InChI is InChI=1S/C19H24FN3OS/c1-3-21-19(23-14-16-10-9-15(2)18(20)13-16)22-11-12-25(24)17-7-5-4-6-8-17/h4-10,13H,3,11-12,14H2,1-2H3,(H2,21,22,23). The molecule has 0 aliphatic rings. The van der Waals surface area contributed by atoms with Gasteiger partial charge in [0, 0.05) is 23.7 Å². The molecule has 1 unspecified atom stereocenters. The SMILES string of the molecule is CCNC(=NCc1ccc(C)c(F)c1)NCCS(=O)c1ccccc1. The molecule has 2 rings (SSSR count). The Balaban J connectivity index is 1.89. The molecule has 1 atom stereocenters. The lowest BCUT2D eigenvalue weighted by molar-refractivity contribution is 0.616. The second kappa shape index (κ2) is 9.93. The minimum absolute atomic E-state index is 0.219. The zero-order chi connectivity index (χ0) is 18.1. The maximum Gasteiger partial charge on any atom is 0.191 e. The van der Waals surface area contributed by atoms with Crippen molar-refractivity contribution < 1.29 is 8.60 Å². The number of aryl methyl sites for hydroxylation is 1. The number of nitrogens with one attached hydrogen (secondary N) is 2. The van der Waals surface area contributed by atoms with Gasteiger partial charge >= 0.3 is 0 Å². The van der Waals surface area contributed by atoms with Crippen molar-refractivity contribution in [1.82, 2.24) is 10.6 Å². The average Bonchev–Trinajstić information content (AvgIpc) is 2.63. The van der Waals surface area contributed by atoms with Gasteiger partial charge in [-0.1, -0.05) is 30.3 Å². The molecule has 2 aromatic carbocycles. The summed E-state index contributed by atoms with van der Waals surface area (Å²) in [6.45, 7) is 5.35. The molecule has 2 N–H and O–H groups in total.